The maximum atomic E-state index is 10.1. The van der Waals surface area contributed by atoms with Crippen molar-refractivity contribution in [2.75, 3.05) is 54.9 Å². The fraction of sp³-hybridized carbons (Fsp3) is 0.455. The topological polar surface area (TPSA) is 192 Å². The Bertz CT molecular complexity index is 1810. The van der Waals surface area contributed by atoms with Crippen LogP contribution in [0.3, 0.4) is 0 Å². The Labute approximate surface area is 380 Å². The summed E-state index contributed by atoms with van der Waals surface area (Å²) in [7, 11) is -6.34. The summed E-state index contributed by atoms with van der Waals surface area (Å²) >= 11 is 0. The van der Waals surface area contributed by atoms with Gasteiger partial charge in [-0.25, -0.2) is 0 Å². The van der Waals surface area contributed by atoms with Crippen molar-refractivity contribution in [3.05, 3.63) is 72.8 Å². The van der Waals surface area contributed by atoms with Crippen molar-refractivity contribution in [3.63, 3.8) is 0 Å². The summed E-state index contributed by atoms with van der Waals surface area (Å²) in [5.74, 6) is 3.69. The van der Waals surface area contributed by atoms with Crippen molar-refractivity contribution < 1.29 is 74.8 Å². The molecule has 4 aromatic carbocycles. The van der Waals surface area contributed by atoms with E-state index in [0.717, 1.165) is 0 Å². The van der Waals surface area contributed by atoms with Gasteiger partial charge in [-0.1, -0.05) is 0 Å². The fourth-order valence-electron chi connectivity index (χ4n) is 7.64. The molecule has 0 aliphatic carbocycles. The van der Waals surface area contributed by atoms with E-state index in [1.807, 2.05) is 0 Å². The van der Waals surface area contributed by atoms with Gasteiger partial charge in [0.05, 0.1) is 54.9 Å². The van der Waals surface area contributed by atoms with E-state index >= 15 is 0 Å². The molecule has 1 fully saturated rings. The monoisotopic (exact) mass is 960 g/mol. The standard InChI is InChI=1S/C44H64O16Si4/c1-49-41-29-33(13-17-37(41)45)53-21-9-25-61(5)57-62(6,26-10-22-54-34-14-18-38(46)42(30-34)50-2)59-64(8,28-12-24-56-36-16-20-40(48)44(32-36)52-4)60-63(7,58-61)27-11-23-55-35-15-19-39(47)43(31-35)51-3/h13-20,29-32,45-48H,9-12,21-28H2,1-8H3. The van der Waals surface area contributed by atoms with Crippen LogP contribution in [-0.4, -0.2) is 110 Å². The Kier molecular flexibility index (Phi) is 17.9. The second-order valence-electron chi connectivity index (χ2n) is 16.1. The Balaban J connectivity index is 1.36. The molecule has 0 atom stereocenters. The number of methoxy groups -OCH3 is 4. The number of ether oxygens (including phenoxy) is 8. The normalized spacial score (nSPS) is 22.1. The number of phenols is 4. The van der Waals surface area contributed by atoms with Crippen LogP contribution >= 0.6 is 0 Å². The summed E-state index contributed by atoms with van der Waals surface area (Å²) in [5, 5.41) is 40.3. The van der Waals surface area contributed by atoms with E-state index in [2.05, 4.69) is 26.2 Å². The summed E-state index contributed by atoms with van der Waals surface area (Å²) in [6, 6.07) is 21.9. The molecule has 1 saturated heterocycles. The summed E-state index contributed by atoms with van der Waals surface area (Å²) < 4.78 is 74.9. The zero-order valence-electron chi connectivity index (χ0n) is 38.1. The van der Waals surface area contributed by atoms with Crippen LogP contribution in [0.2, 0.25) is 50.4 Å². The van der Waals surface area contributed by atoms with Crippen molar-refractivity contribution in [1.29, 1.82) is 0 Å². The van der Waals surface area contributed by atoms with E-state index in [1.165, 1.54) is 52.7 Å². The lowest BCUT2D eigenvalue weighted by Crippen LogP contribution is -2.67. The highest BCUT2D eigenvalue weighted by Crippen LogP contribution is 2.40. The van der Waals surface area contributed by atoms with Gasteiger partial charge in [0.1, 0.15) is 23.0 Å². The second-order valence-corrected chi connectivity index (χ2v) is 30.4. The van der Waals surface area contributed by atoms with E-state index in [0.29, 0.717) is 122 Å². The third-order valence-corrected chi connectivity index (χ3v) is 29.4. The molecule has 352 valence electrons. The Hall–Kier alpha value is -4.81. The minimum Gasteiger partial charge on any atom is -0.504 e. The van der Waals surface area contributed by atoms with Gasteiger partial charge in [-0.15, -0.1) is 0 Å². The van der Waals surface area contributed by atoms with E-state index in [4.69, 9.17) is 54.4 Å². The summed E-state index contributed by atoms with van der Waals surface area (Å²) in [6.07, 6.45) is 2.47. The highest BCUT2D eigenvalue weighted by Gasteiger charge is 2.56. The largest absolute Gasteiger partial charge is 0.504 e. The molecule has 1 heterocycles. The van der Waals surface area contributed by atoms with E-state index in [9.17, 15) is 20.4 Å². The molecule has 0 radical (unpaired) electrons. The van der Waals surface area contributed by atoms with Crippen LogP contribution in [0.15, 0.2) is 72.8 Å². The first-order chi connectivity index (χ1) is 30.5. The Morgan fingerprint density at radius 3 is 0.750 bits per heavy atom. The maximum absolute atomic E-state index is 10.1. The molecular formula is C44H64O16Si4. The first-order valence-electron chi connectivity index (χ1n) is 21.3. The van der Waals surface area contributed by atoms with E-state index in [-0.39, 0.29) is 23.0 Å². The Morgan fingerprint density at radius 2 is 0.562 bits per heavy atom. The smallest absolute Gasteiger partial charge is 0.317 e. The molecule has 1 aliphatic rings. The predicted molar refractivity (Wildman–Crippen MR) is 249 cm³/mol. The first kappa shape index (κ1) is 50.2. The molecule has 0 aromatic heterocycles. The summed E-state index contributed by atoms with van der Waals surface area (Å²) in [5.41, 5.74) is 0. The van der Waals surface area contributed by atoms with Gasteiger partial charge in [0.2, 0.25) is 0 Å². The van der Waals surface area contributed by atoms with Gasteiger partial charge >= 0.3 is 34.2 Å². The predicted octanol–water partition coefficient (Wildman–Crippen LogP) is 9.09. The zero-order chi connectivity index (χ0) is 46.4. The lowest BCUT2D eigenvalue weighted by atomic mass is 10.3. The quantitative estimate of drug-likeness (QED) is 0.0384. The first-order valence-corrected chi connectivity index (χ1v) is 31.4. The van der Waals surface area contributed by atoms with Gasteiger partial charge in [0, 0.05) is 24.3 Å². The minimum atomic E-state index is -3.08. The highest BCUT2D eigenvalue weighted by atomic mass is 28.5. The third kappa shape index (κ3) is 14.6. The molecule has 0 spiro atoms. The van der Waals surface area contributed by atoms with Crippen LogP contribution in [0, 0.1) is 0 Å². The van der Waals surface area contributed by atoms with Gasteiger partial charge in [-0.05, 0) is 125 Å². The van der Waals surface area contributed by atoms with Gasteiger partial charge in [0.25, 0.3) is 0 Å². The van der Waals surface area contributed by atoms with Gasteiger partial charge in [-0.2, -0.15) is 0 Å². The number of benzene rings is 4. The molecular weight excluding hydrogens is 897 g/mol. The summed E-state index contributed by atoms with van der Waals surface area (Å²) in [4.78, 5) is 0. The maximum Gasteiger partial charge on any atom is 0.317 e. The minimum absolute atomic E-state index is 0.0297. The van der Waals surface area contributed by atoms with Crippen molar-refractivity contribution in [1.82, 2.24) is 0 Å². The molecule has 0 bridgehead atoms. The van der Waals surface area contributed by atoms with Gasteiger partial charge in [0.15, 0.2) is 46.0 Å². The van der Waals surface area contributed by atoms with Gasteiger partial charge < -0.3 is 74.8 Å². The number of aromatic hydroxyl groups is 4. The average Bonchev–Trinajstić information content (AvgIpc) is 3.25. The Morgan fingerprint density at radius 1 is 0.359 bits per heavy atom. The molecule has 16 nitrogen and oxygen atoms in total. The zero-order valence-corrected chi connectivity index (χ0v) is 42.1. The van der Waals surface area contributed by atoms with Crippen molar-refractivity contribution >= 4 is 34.2 Å². The van der Waals surface area contributed by atoms with Crippen LogP contribution < -0.4 is 37.9 Å². The van der Waals surface area contributed by atoms with Crippen LogP contribution in [0.4, 0.5) is 0 Å². The third-order valence-electron chi connectivity index (χ3n) is 10.5. The molecule has 20 heteroatoms. The SMILES string of the molecule is COc1cc(OCCC[Si]2(C)O[Si](C)(CCCOc3ccc(O)c(OC)c3)O[Si](C)(CCCOc3ccc(O)c(OC)c3)O[Si](C)(CCCOc3ccc(O)c(OC)c3)O2)ccc1O. The summed E-state index contributed by atoms with van der Waals surface area (Å²) in [6.45, 7) is 9.82. The molecule has 0 saturated carbocycles. The lowest BCUT2D eigenvalue weighted by molar-refractivity contribution is 0.211. The molecule has 0 amide bonds. The van der Waals surface area contributed by atoms with Crippen molar-refractivity contribution in [2.24, 2.45) is 0 Å². The van der Waals surface area contributed by atoms with Crippen LogP contribution in [0.5, 0.6) is 69.0 Å². The molecule has 4 aromatic rings. The number of phenolic OH excluding ortho intramolecular Hbond substituents is 4. The molecule has 4 N–H and O–H groups in total. The molecule has 5 rings (SSSR count). The highest BCUT2D eigenvalue weighted by molar-refractivity contribution is 6.93. The van der Waals surface area contributed by atoms with Crippen molar-refractivity contribution in [3.8, 4) is 69.0 Å². The van der Waals surface area contributed by atoms with E-state index in [1.54, 1.807) is 48.5 Å². The molecule has 1 aliphatic heterocycles. The number of hydrogen-bond acceptors (Lipinski definition) is 16. The lowest BCUT2D eigenvalue weighted by Gasteiger charge is -2.50. The fourth-order valence-corrected chi connectivity index (χ4v) is 30.8. The van der Waals surface area contributed by atoms with Crippen molar-refractivity contribution in [2.45, 2.75) is 76.0 Å². The number of rotatable bonds is 24. The average molecular weight is 961 g/mol. The van der Waals surface area contributed by atoms with Crippen LogP contribution in [-0.2, 0) is 16.5 Å². The van der Waals surface area contributed by atoms with Gasteiger partial charge in [-0.3, -0.25) is 0 Å². The molecule has 64 heavy (non-hydrogen) atoms. The second kappa shape index (κ2) is 22.9. The van der Waals surface area contributed by atoms with Crippen LogP contribution in [0.1, 0.15) is 25.7 Å². The van der Waals surface area contributed by atoms with Crippen LogP contribution in [0.25, 0.3) is 0 Å². The molecule has 0 unspecified atom stereocenters. The number of hydrogen-bond donors (Lipinski definition) is 4. The van der Waals surface area contributed by atoms with E-state index < -0.39 is 34.2 Å².